The number of methoxy groups -OCH3 is 2. The fourth-order valence-corrected chi connectivity index (χ4v) is 2.93. The van der Waals surface area contributed by atoms with Crippen LogP contribution in [-0.2, 0) is 0 Å². The van der Waals surface area contributed by atoms with Gasteiger partial charge >= 0.3 is 0 Å². The molecule has 5 heteroatoms. The lowest BCUT2D eigenvalue weighted by Crippen LogP contribution is -1.92. The van der Waals surface area contributed by atoms with Gasteiger partial charge in [-0.15, -0.1) is 0 Å². The molecule has 26 heavy (non-hydrogen) atoms. The Morgan fingerprint density at radius 2 is 1.58 bits per heavy atom. The predicted molar refractivity (Wildman–Crippen MR) is 102 cm³/mol. The molecule has 1 N–H and O–H groups in total. The Hall–Kier alpha value is -3.47. The summed E-state index contributed by atoms with van der Waals surface area (Å²) < 4.78 is 16.2. The van der Waals surface area contributed by atoms with Gasteiger partial charge in [-0.25, -0.2) is 0 Å². The van der Waals surface area contributed by atoms with Gasteiger partial charge in [-0.2, -0.15) is 0 Å². The Balaban J connectivity index is 1.74. The van der Waals surface area contributed by atoms with Crippen LogP contribution in [0.4, 0.5) is 5.69 Å². The van der Waals surface area contributed by atoms with Crippen molar-refractivity contribution in [2.75, 3.05) is 14.2 Å². The summed E-state index contributed by atoms with van der Waals surface area (Å²) in [6.45, 7) is 0. The SMILES string of the molecule is COc1cc(C=Nc2ccc3oc4ccccc4c3c2)cc(OC)c1O. The number of aliphatic imine (C=N–C) groups is 1. The van der Waals surface area contributed by atoms with E-state index in [0.717, 1.165) is 33.2 Å². The number of ether oxygens (including phenoxy) is 2. The molecule has 0 atom stereocenters. The van der Waals surface area contributed by atoms with E-state index in [2.05, 4.69) is 4.99 Å². The third-order valence-corrected chi connectivity index (χ3v) is 4.23. The summed E-state index contributed by atoms with van der Waals surface area (Å²) in [5.74, 6) is 0.641. The molecular weight excluding hydrogens is 330 g/mol. The highest BCUT2D eigenvalue weighted by Gasteiger charge is 2.10. The molecule has 0 aliphatic carbocycles. The quantitative estimate of drug-likeness (QED) is 0.524. The largest absolute Gasteiger partial charge is 0.502 e. The maximum Gasteiger partial charge on any atom is 0.200 e. The smallest absolute Gasteiger partial charge is 0.200 e. The second-order valence-corrected chi connectivity index (χ2v) is 5.81. The third kappa shape index (κ3) is 2.73. The summed E-state index contributed by atoms with van der Waals surface area (Å²) in [7, 11) is 2.99. The summed E-state index contributed by atoms with van der Waals surface area (Å²) in [6, 6.07) is 17.1. The van der Waals surface area contributed by atoms with Crippen molar-refractivity contribution in [3.05, 3.63) is 60.2 Å². The lowest BCUT2D eigenvalue weighted by atomic mass is 10.1. The Morgan fingerprint density at radius 3 is 2.31 bits per heavy atom. The average molecular weight is 347 g/mol. The minimum Gasteiger partial charge on any atom is -0.502 e. The van der Waals surface area contributed by atoms with Crippen LogP contribution in [0, 0.1) is 0 Å². The summed E-state index contributed by atoms with van der Waals surface area (Å²) in [5, 5.41) is 12.1. The van der Waals surface area contributed by atoms with Crippen molar-refractivity contribution < 1.29 is 19.0 Å². The summed E-state index contributed by atoms with van der Waals surface area (Å²) in [6.07, 6.45) is 1.70. The van der Waals surface area contributed by atoms with E-state index in [9.17, 15) is 5.11 Å². The molecule has 1 aromatic heterocycles. The van der Waals surface area contributed by atoms with Crippen molar-refractivity contribution in [3.63, 3.8) is 0 Å². The van der Waals surface area contributed by atoms with E-state index in [1.165, 1.54) is 14.2 Å². The van der Waals surface area contributed by atoms with E-state index in [1.807, 2.05) is 42.5 Å². The van der Waals surface area contributed by atoms with Crippen LogP contribution >= 0.6 is 0 Å². The van der Waals surface area contributed by atoms with E-state index < -0.39 is 0 Å². The van der Waals surface area contributed by atoms with Crippen LogP contribution in [0.5, 0.6) is 17.2 Å². The molecule has 130 valence electrons. The van der Waals surface area contributed by atoms with Gasteiger partial charge in [0.1, 0.15) is 11.2 Å². The number of phenolic OH excluding ortho intramolecular Hbond substituents is 1. The maximum atomic E-state index is 9.99. The third-order valence-electron chi connectivity index (χ3n) is 4.23. The molecule has 1 heterocycles. The Bertz CT molecular complexity index is 1100. The van der Waals surface area contributed by atoms with Crippen LogP contribution in [0.3, 0.4) is 0 Å². The van der Waals surface area contributed by atoms with Crippen LogP contribution in [0.25, 0.3) is 21.9 Å². The number of fused-ring (bicyclic) bond motifs is 3. The number of nitrogens with zero attached hydrogens (tertiary/aromatic N) is 1. The van der Waals surface area contributed by atoms with Gasteiger partial charge in [-0.1, -0.05) is 18.2 Å². The van der Waals surface area contributed by atoms with Gasteiger partial charge in [0.25, 0.3) is 0 Å². The van der Waals surface area contributed by atoms with E-state index in [4.69, 9.17) is 13.9 Å². The van der Waals surface area contributed by atoms with E-state index in [0.29, 0.717) is 11.5 Å². The van der Waals surface area contributed by atoms with Crippen molar-refractivity contribution in [3.8, 4) is 17.2 Å². The molecule has 0 radical (unpaired) electrons. The maximum absolute atomic E-state index is 9.99. The van der Waals surface area contributed by atoms with Gasteiger partial charge < -0.3 is 19.0 Å². The van der Waals surface area contributed by atoms with Crippen molar-refractivity contribution in [2.24, 2.45) is 4.99 Å². The van der Waals surface area contributed by atoms with E-state index in [1.54, 1.807) is 18.3 Å². The molecule has 0 bridgehead atoms. The highest BCUT2D eigenvalue weighted by Crippen LogP contribution is 2.37. The Morgan fingerprint density at radius 1 is 0.885 bits per heavy atom. The predicted octanol–water partition coefficient (Wildman–Crippen LogP) is 5.06. The van der Waals surface area contributed by atoms with Crippen molar-refractivity contribution in [1.82, 2.24) is 0 Å². The number of aromatic hydroxyl groups is 1. The van der Waals surface area contributed by atoms with Crippen molar-refractivity contribution >= 4 is 33.8 Å². The molecule has 0 unspecified atom stereocenters. The standard InChI is InChI=1S/C21H17NO4/c1-24-19-9-13(10-20(25-2)21(19)23)12-22-14-7-8-18-16(11-14)15-5-3-4-6-17(15)26-18/h3-12,23H,1-2H3. The van der Waals surface area contributed by atoms with Gasteiger partial charge in [0, 0.05) is 22.6 Å². The Labute approximate surface area is 150 Å². The molecule has 0 fully saturated rings. The Kier molecular flexibility index (Phi) is 3.97. The van der Waals surface area contributed by atoms with Crippen LogP contribution in [0.15, 0.2) is 64.0 Å². The normalized spacial score (nSPS) is 11.5. The fourth-order valence-electron chi connectivity index (χ4n) is 2.93. The second-order valence-electron chi connectivity index (χ2n) is 5.81. The molecule has 4 rings (SSSR count). The number of hydrogen-bond donors (Lipinski definition) is 1. The first-order valence-corrected chi connectivity index (χ1v) is 8.10. The highest BCUT2D eigenvalue weighted by atomic mass is 16.5. The summed E-state index contributed by atoms with van der Waals surface area (Å²) in [4.78, 5) is 4.53. The van der Waals surface area contributed by atoms with E-state index in [-0.39, 0.29) is 5.75 Å². The zero-order valence-electron chi connectivity index (χ0n) is 14.4. The average Bonchev–Trinajstić information content (AvgIpc) is 3.05. The fraction of sp³-hybridized carbons (Fsp3) is 0.0952. The second kappa shape index (κ2) is 6.44. The topological polar surface area (TPSA) is 64.2 Å². The molecule has 5 nitrogen and oxygen atoms in total. The van der Waals surface area contributed by atoms with Gasteiger partial charge in [0.15, 0.2) is 11.5 Å². The van der Waals surface area contributed by atoms with Crippen LogP contribution in [0.1, 0.15) is 5.56 Å². The number of furan rings is 1. The molecule has 4 aromatic rings. The first-order valence-electron chi connectivity index (χ1n) is 8.10. The molecule has 0 saturated heterocycles. The first kappa shape index (κ1) is 16.0. The van der Waals surface area contributed by atoms with Crippen LogP contribution in [-0.4, -0.2) is 25.5 Å². The number of para-hydroxylation sites is 1. The minimum atomic E-state index is -0.0292. The molecule has 0 saturated carbocycles. The van der Waals surface area contributed by atoms with Crippen molar-refractivity contribution in [2.45, 2.75) is 0 Å². The summed E-state index contributed by atoms with van der Waals surface area (Å²) >= 11 is 0. The van der Waals surface area contributed by atoms with Crippen molar-refractivity contribution in [1.29, 1.82) is 0 Å². The van der Waals surface area contributed by atoms with Gasteiger partial charge in [0.2, 0.25) is 5.75 Å². The molecule has 0 aliphatic rings. The van der Waals surface area contributed by atoms with Crippen LogP contribution in [0.2, 0.25) is 0 Å². The summed E-state index contributed by atoms with van der Waals surface area (Å²) in [5.41, 5.74) is 3.25. The zero-order valence-corrected chi connectivity index (χ0v) is 14.4. The number of rotatable bonds is 4. The van der Waals surface area contributed by atoms with Gasteiger partial charge in [-0.3, -0.25) is 4.99 Å². The highest BCUT2D eigenvalue weighted by molar-refractivity contribution is 6.06. The molecule has 0 amide bonds. The van der Waals surface area contributed by atoms with Gasteiger partial charge in [-0.05, 0) is 36.4 Å². The zero-order chi connectivity index (χ0) is 18.1. The number of phenols is 1. The minimum absolute atomic E-state index is 0.0292. The number of benzene rings is 3. The molecule has 3 aromatic carbocycles. The molecule has 0 spiro atoms. The number of hydrogen-bond acceptors (Lipinski definition) is 5. The van der Waals surface area contributed by atoms with E-state index >= 15 is 0 Å². The van der Waals surface area contributed by atoms with Gasteiger partial charge in [0.05, 0.1) is 19.9 Å². The molecule has 0 aliphatic heterocycles. The molecular formula is C21H17NO4. The lowest BCUT2D eigenvalue weighted by molar-refractivity contribution is 0.340. The van der Waals surface area contributed by atoms with Crippen LogP contribution < -0.4 is 9.47 Å². The lowest BCUT2D eigenvalue weighted by Gasteiger charge is -2.09. The monoisotopic (exact) mass is 347 g/mol. The first-order chi connectivity index (χ1) is 12.7.